The molecule has 20 heavy (non-hydrogen) atoms. The Morgan fingerprint density at radius 3 is 2.80 bits per heavy atom. The molecule has 1 heterocycles. The second-order valence-electron chi connectivity index (χ2n) is 4.84. The van der Waals surface area contributed by atoms with E-state index in [0.29, 0.717) is 6.04 Å². The molecule has 0 aliphatic carbocycles. The first kappa shape index (κ1) is 15.4. The van der Waals surface area contributed by atoms with Gasteiger partial charge in [-0.15, -0.1) is 11.8 Å². The average Bonchev–Trinajstić information content (AvgIpc) is 2.69. The minimum Gasteiger partial charge on any atom is -0.313 e. The summed E-state index contributed by atoms with van der Waals surface area (Å²) in [4.78, 5) is 1.25. The van der Waals surface area contributed by atoms with E-state index in [9.17, 15) is 0 Å². The molecule has 0 saturated carbocycles. The Balaban J connectivity index is 2.11. The van der Waals surface area contributed by atoms with Crippen LogP contribution in [-0.4, -0.2) is 16.8 Å². The number of aromatic nitrogens is 2. The van der Waals surface area contributed by atoms with Gasteiger partial charge in [-0.1, -0.05) is 23.7 Å². The minimum absolute atomic E-state index is 0.359. The summed E-state index contributed by atoms with van der Waals surface area (Å²) in [6, 6.07) is 8.96. The summed E-state index contributed by atoms with van der Waals surface area (Å²) >= 11 is 8.06. The predicted molar refractivity (Wildman–Crippen MR) is 86.4 cm³/mol. The van der Waals surface area contributed by atoms with Gasteiger partial charge in [0, 0.05) is 23.7 Å². The van der Waals surface area contributed by atoms with Crippen LogP contribution >= 0.6 is 23.4 Å². The first-order valence-electron chi connectivity index (χ1n) is 6.61. The molecule has 2 aromatic rings. The van der Waals surface area contributed by atoms with Crippen LogP contribution in [0.4, 0.5) is 0 Å². The standard InChI is InChI=1S/C15H20ClN3S/c1-10(17-3)12-6-5-7-13(8-12)20-9-14-15(16)11(2)18-19(14)4/h5-8,10,17H,9H2,1-4H3. The van der Waals surface area contributed by atoms with E-state index in [0.717, 1.165) is 22.2 Å². The normalized spacial score (nSPS) is 12.7. The van der Waals surface area contributed by atoms with Crippen LogP contribution in [0.3, 0.4) is 0 Å². The van der Waals surface area contributed by atoms with Crippen LogP contribution in [0.25, 0.3) is 0 Å². The summed E-state index contributed by atoms with van der Waals surface area (Å²) in [5.41, 5.74) is 3.26. The largest absolute Gasteiger partial charge is 0.313 e. The Morgan fingerprint density at radius 1 is 1.45 bits per heavy atom. The molecule has 0 radical (unpaired) electrons. The van der Waals surface area contributed by atoms with Crippen LogP contribution in [-0.2, 0) is 12.8 Å². The Hall–Kier alpha value is -0.970. The maximum Gasteiger partial charge on any atom is 0.0855 e. The highest BCUT2D eigenvalue weighted by Gasteiger charge is 2.11. The van der Waals surface area contributed by atoms with Crippen molar-refractivity contribution in [3.63, 3.8) is 0 Å². The van der Waals surface area contributed by atoms with Crippen LogP contribution in [0, 0.1) is 6.92 Å². The highest BCUT2D eigenvalue weighted by Crippen LogP contribution is 2.29. The smallest absolute Gasteiger partial charge is 0.0855 e. The van der Waals surface area contributed by atoms with E-state index in [-0.39, 0.29) is 0 Å². The van der Waals surface area contributed by atoms with E-state index in [1.165, 1.54) is 10.5 Å². The molecule has 1 atom stereocenters. The third kappa shape index (κ3) is 3.37. The van der Waals surface area contributed by atoms with Gasteiger partial charge in [0.15, 0.2) is 0 Å². The van der Waals surface area contributed by atoms with Crippen molar-refractivity contribution in [1.82, 2.24) is 15.1 Å². The van der Waals surface area contributed by atoms with E-state index in [2.05, 4.69) is 41.6 Å². The van der Waals surface area contributed by atoms with Crippen molar-refractivity contribution >= 4 is 23.4 Å². The lowest BCUT2D eigenvalue weighted by Gasteiger charge is -2.12. The Morgan fingerprint density at radius 2 is 2.20 bits per heavy atom. The van der Waals surface area contributed by atoms with Gasteiger partial charge in [-0.05, 0) is 38.6 Å². The molecular formula is C15H20ClN3S. The number of rotatable bonds is 5. The van der Waals surface area contributed by atoms with Crippen LogP contribution < -0.4 is 5.32 Å². The quantitative estimate of drug-likeness (QED) is 0.848. The summed E-state index contributed by atoms with van der Waals surface area (Å²) in [6.07, 6.45) is 0. The van der Waals surface area contributed by atoms with Crippen molar-refractivity contribution < 1.29 is 0 Å². The van der Waals surface area contributed by atoms with E-state index in [1.54, 1.807) is 11.8 Å². The fourth-order valence-electron chi connectivity index (χ4n) is 2.03. The maximum atomic E-state index is 6.28. The van der Waals surface area contributed by atoms with Crippen LogP contribution in [0.15, 0.2) is 29.2 Å². The molecule has 0 bridgehead atoms. The van der Waals surface area contributed by atoms with E-state index in [1.807, 2.05) is 25.7 Å². The number of aryl methyl sites for hydroxylation is 2. The van der Waals surface area contributed by atoms with Gasteiger partial charge < -0.3 is 5.32 Å². The molecular weight excluding hydrogens is 290 g/mol. The Kier molecular flexibility index (Phi) is 5.13. The summed E-state index contributed by atoms with van der Waals surface area (Å²) in [6.45, 7) is 4.09. The number of nitrogens with one attached hydrogen (secondary N) is 1. The first-order valence-corrected chi connectivity index (χ1v) is 7.97. The second kappa shape index (κ2) is 6.66. The molecule has 0 aliphatic heterocycles. The van der Waals surface area contributed by atoms with Gasteiger partial charge in [-0.25, -0.2) is 0 Å². The predicted octanol–water partition coefficient (Wildman–Crippen LogP) is 3.95. The SMILES string of the molecule is CNC(C)c1cccc(SCc2c(Cl)c(C)nn2C)c1. The fraction of sp³-hybridized carbons (Fsp3) is 0.400. The van der Waals surface area contributed by atoms with Crippen LogP contribution in [0.2, 0.25) is 5.02 Å². The van der Waals surface area contributed by atoms with Crippen molar-refractivity contribution in [3.05, 3.63) is 46.2 Å². The summed E-state index contributed by atoms with van der Waals surface area (Å²) in [5, 5.41) is 8.38. The number of hydrogen-bond acceptors (Lipinski definition) is 3. The number of halogens is 1. The van der Waals surface area contributed by atoms with Crippen molar-refractivity contribution in [2.45, 2.75) is 30.5 Å². The number of nitrogens with zero attached hydrogens (tertiary/aromatic N) is 2. The number of benzene rings is 1. The highest BCUT2D eigenvalue weighted by atomic mass is 35.5. The number of hydrogen-bond donors (Lipinski definition) is 1. The molecule has 108 valence electrons. The molecule has 5 heteroatoms. The van der Waals surface area contributed by atoms with Gasteiger partial charge >= 0.3 is 0 Å². The topological polar surface area (TPSA) is 29.9 Å². The van der Waals surface area contributed by atoms with Gasteiger partial charge in [0.1, 0.15) is 0 Å². The van der Waals surface area contributed by atoms with Gasteiger partial charge in [0.2, 0.25) is 0 Å². The zero-order valence-electron chi connectivity index (χ0n) is 12.3. The van der Waals surface area contributed by atoms with E-state index in [4.69, 9.17) is 11.6 Å². The monoisotopic (exact) mass is 309 g/mol. The second-order valence-corrected chi connectivity index (χ2v) is 6.27. The molecule has 0 amide bonds. The molecule has 0 spiro atoms. The summed E-state index contributed by atoms with van der Waals surface area (Å²) < 4.78 is 1.87. The molecule has 1 aromatic heterocycles. The lowest BCUT2D eigenvalue weighted by atomic mass is 10.1. The highest BCUT2D eigenvalue weighted by molar-refractivity contribution is 7.98. The molecule has 1 unspecified atom stereocenters. The Bertz CT molecular complexity index is 595. The summed E-state index contributed by atoms with van der Waals surface area (Å²) in [7, 11) is 3.91. The van der Waals surface area contributed by atoms with Crippen molar-refractivity contribution in [3.8, 4) is 0 Å². The minimum atomic E-state index is 0.359. The Labute approximate surface area is 129 Å². The molecule has 1 N–H and O–H groups in total. The molecule has 0 saturated heterocycles. The van der Waals surface area contributed by atoms with Crippen molar-refractivity contribution in [1.29, 1.82) is 0 Å². The molecule has 3 nitrogen and oxygen atoms in total. The molecule has 1 aromatic carbocycles. The first-order chi connectivity index (χ1) is 9.52. The van der Waals surface area contributed by atoms with Gasteiger partial charge in [-0.3, -0.25) is 4.68 Å². The van der Waals surface area contributed by atoms with Crippen LogP contribution in [0.5, 0.6) is 0 Å². The summed E-state index contributed by atoms with van der Waals surface area (Å²) in [5.74, 6) is 0.827. The van der Waals surface area contributed by atoms with Gasteiger partial charge in [0.05, 0.1) is 16.4 Å². The molecule has 2 rings (SSSR count). The van der Waals surface area contributed by atoms with E-state index >= 15 is 0 Å². The molecule has 0 aliphatic rings. The maximum absolute atomic E-state index is 6.28. The zero-order chi connectivity index (χ0) is 14.7. The lowest BCUT2D eigenvalue weighted by molar-refractivity contribution is 0.651. The van der Waals surface area contributed by atoms with E-state index < -0.39 is 0 Å². The van der Waals surface area contributed by atoms with Crippen LogP contribution in [0.1, 0.15) is 29.9 Å². The average molecular weight is 310 g/mol. The third-order valence-electron chi connectivity index (χ3n) is 3.43. The van der Waals surface area contributed by atoms with Crippen molar-refractivity contribution in [2.75, 3.05) is 7.05 Å². The molecule has 0 fully saturated rings. The lowest BCUT2D eigenvalue weighted by Crippen LogP contribution is -2.12. The zero-order valence-corrected chi connectivity index (χ0v) is 13.8. The fourth-order valence-corrected chi connectivity index (χ4v) is 3.36. The van der Waals surface area contributed by atoms with Crippen molar-refractivity contribution in [2.24, 2.45) is 7.05 Å². The number of thioether (sulfide) groups is 1. The van der Waals surface area contributed by atoms with Gasteiger partial charge in [0.25, 0.3) is 0 Å². The van der Waals surface area contributed by atoms with Gasteiger partial charge in [-0.2, -0.15) is 5.10 Å². The third-order valence-corrected chi connectivity index (χ3v) is 4.92.